The predicted molar refractivity (Wildman–Crippen MR) is 281 cm³/mol. The third kappa shape index (κ3) is 14.7. The van der Waals surface area contributed by atoms with Gasteiger partial charge < -0.3 is 34.4 Å². The van der Waals surface area contributed by atoms with Gasteiger partial charge in [-0.1, -0.05) is 142 Å². The monoisotopic (exact) mass is 950 g/mol. The molecule has 2 amide bonds. The van der Waals surface area contributed by atoms with Crippen LogP contribution in [0, 0.1) is 0 Å². The Kier molecular flexibility index (Phi) is 18.0. The Morgan fingerprint density at radius 2 is 1.42 bits per heavy atom. The number of likely N-dealkylation sites (tertiary alicyclic amines) is 1. The fourth-order valence-corrected chi connectivity index (χ4v) is 9.94. The number of benzene rings is 5. The number of anilines is 1. The van der Waals surface area contributed by atoms with Gasteiger partial charge in [0.2, 0.25) is 11.5 Å². The number of piperidine rings is 1. The van der Waals surface area contributed by atoms with E-state index in [9.17, 15) is 14.4 Å². The topological polar surface area (TPSA) is 134 Å². The predicted octanol–water partition coefficient (Wildman–Crippen LogP) is 11.4. The number of hydrogen-bond acceptors (Lipinski definition) is 8. The van der Waals surface area contributed by atoms with Crippen molar-refractivity contribution in [1.82, 2.24) is 20.5 Å². The van der Waals surface area contributed by atoms with Gasteiger partial charge in [-0.25, -0.2) is 4.79 Å². The van der Waals surface area contributed by atoms with E-state index >= 15 is 0 Å². The molecule has 0 aliphatic carbocycles. The Balaban J connectivity index is 0.898. The number of nitrogens with zero attached hydrogens (tertiary/aromatic N) is 1. The summed E-state index contributed by atoms with van der Waals surface area (Å²) in [7, 11) is -2.34. The molecule has 4 N–H and O–H groups in total. The summed E-state index contributed by atoms with van der Waals surface area (Å²) in [4.78, 5) is 44.0. The highest BCUT2D eigenvalue weighted by Crippen LogP contribution is 2.43. The molecule has 1 saturated heterocycles. The lowest BCUT2D eigenvalue weighted by molar-refractivity contribution is -0.121. The number of aromatic amines is 1. The first-order chi connectivity index (χ1) is 33.3. The number of pyridine rings is 1. The number of nitrogens with one attached hydrogen (secondary N) is 4. The average Bonchev–Trinajstić information content (AvgIpc) is 3.35. The third-order valence-corrected chi connectivity index (χ3v) is 18.1. The fourth-order valence-electron chi connectivity index (χ4n) is 8.66. The van der Waals surface area contributed by atoms with Crippen LogP contribution in [0.2, 0.25) is 18.1 Å². The molecular weight excluding hydrogens is 879 g/mol. The Bertz CT molecular complexity index is 2610. The molecular formula is C57H71N5O6Si. The summed E-state index contributed by atoms with van der Waals surface area (Å²) >= 11 is 0. The number of para-hydroxylation sites is 1. The van der Waals surface area contributed by atoms with Gasteiger partial charge in [0, 0.05) is 55.7 Å². The van der Waals surface area contributed by atoms with Crippen LogP contribution in [0.15, 0.2) is 144 Å². The number of ether oxygens (including phenoxy) is 2. The minimum atomic E-state index is -2.34. The van der Waals surface area contributed by atoms with Gasteiger partial charge in [-0.15, -0.1) is 0 Å². The van der Waals surface area contributed by atoms with Crippen LogP contribution >= 0.6 is 0 Å². The van der Waals surface area contributed by atoms with Crippen molar-refractivity contribution < 1.29 is 23.5 Å². The molecule has 12 heteroatoms. The SMILES string of the molecule is CC(C)(C)[Si](C)(C)O[C@H](c1ccc(OCc2ccccc2)c2[nH]c(=O)ccc12)C(Cc1ccccc1)NCCCCCNC(=O)CCN1CCC(OC(=O)Nc2ccccc2-c2ccccc2)CC1. The van der Waals surface area contributed by atoms with Gasteiger partial charge in [-0.3, -0.25) is 14.9 Å². The van der Waals surface area contributed by atoms with E-state index in [1.54, 1.807) is 6.07 Å². The van der Waals surface area contributed by atoms with E-state index < -0.39 is 14.4 Å². The van der Waals surface area contributed by atoms with Crippen molar-refractivity contribution in [3.05, 3.63) is 167 Å². The summed E-state index contributed by atoms with van der Waals surface area (Å²) in [6.07, 6.45) is 4.47. The highest BCUT2D eigenvalue weighted by molar-refractivity contribution is 6.74. The molecule has 0 spiro atoms. The summed E-state index contributed by atoms with van der Waals surface area (Å²) in [5, 5.41) is 10.9. The molecule has 69 heavy (non-hydrogen) atoms. The minimum Gasteiger partial charge on any atom is -0.487 e. The molecule has 1 aliphatic rings. The van der Waals surface area contributed by atoms with Crippen LogP contribution in [0.25, 0.3) is 22.0 Å². The lowest BCUT2D eigenvalue weighted by atomic mass is 9.93. The van der Waals surface area contributed by atoms with Gasteiger partial charge in [0.1, 0.15) is 18.5 Å². The Morgan fingerprint density at radius 1 is 0.768 bits per heavy atom. The van der Waals surface area contributed by atoms with E-state index in [1.165, 1.54) is 5.56 Å². The van der Waals surface area contributed by atoms with Gasteiger partial charge in [-0.2, -0.15) is 0 Å². The van der Waals surface area contributed by atoms with Crippen molar-refractivity contribution in [2.75, 3.05) is 38.0 Å². The Labute approximate surface area is 409 Å². The largest absolute Gasteiger partial charge is 0.487 e. The van der Waals surface area contributed by atoms with E-state index in [-0.39, 0.29) is 34.8 Å². The maximum atomic E-state index is 12.9. The molecule has 7 rings (SSSR count). The van der Waals surface area contributed by atoms with Crippen molar-refractivity contribution >= 4 is 36.9 Å². The van der Waals surface area contributed by atoms with Crippen molar-refractivity contribution in [2.45, 2.75) is 109 Å². The van der Waals surface area contributed by atoms with Crippen molar-refractivity contribution in [3.63, 3.8) is 0 Å². The van der Waals surface area contributed by atoms with Crippen LogP contribution in [0.5, 0.6) is 5.75 Å². The molecule has 1 aromatic heterocycles. The van der Waals surface area contributed by atoms with E-state index in [0.717, 1.165) is 91.5 Å². The van der Waals surface area contributed by atoms with Crippen molar-refractivity contribution in [1.29, 1.82) is 0 Å². The molecule has 1 fully saturated rings. The first kappa shape index (κ1) is 50.8. The number of hydrogen-bond donors (Lipinski definition) is 4. The number of H-pyrrole nitrogens is 1. The quantitative estimate of drug-likeness (QED) is 0.0390. The maximum Gasteiger partial charge on any atom is 0.411 e. The highest BCUT2D eigenvalue weighted by atomic mass is 28.4. The molecule has 1 unspecified atom stereocenters. The zero-order chi connectivity index (χ0) is 48.6. The average molecular weight is 950 g/mol. The van der Waals surface area contributed by atoms with Gasteiger partial charge >= 0.3 is 6.09 Å². The minimum absolute atomic E-state index is 0.0431. The second kappa shape index (κ2) is 24.5. The standard InChI is InChI=1S/C57H71N5O6Si/c1-57(2,3)69(4,5)68-55(48-28-30-51(54-47(48)29-31-53(64)61-54)66-41-43-22-12-7-13-23-43)50(40-42-20-10-6-11-21-42)58-35-18-9-19-36-59-52(63)34-39-62-37-32-45(33-38-62)67-56(65)60-49-27-17-16-26-46(49)44-24-14-8-15-25-44/h6-8,10-17,20-31,45,50,55,58H,9,18-19,32-41H2,1-5H3,(H,59,63)(H,60,65)(H,61,64)/t50?,55-/m1/s1. The molecule has 0 radical (unpaired) electrons. The number of fused-ring (bicyclic) bond motifs is 1. The fraction of sp³-hybridized carbons (Fsp3) is 0.386. The number of carbonyl (C=O) groups is 2. The zero-order valence-corrected chi connectivity index (χ0v) is 42.1. The van der Waals surface area contributed by atoms with Crippen molar-refractivity contribution in [3.8, 4) is 16.9 Å². The molecule has 1 aliphatic heterocycles. The van der Waals surface area contributed by atoms with Crippen LogP contribution in [0.3, 0.4) is 0 Å². The molecule has 0 saturated carbocycles. The number of rotatable bonds is 22. The summed E-state index contributed by atoms with van der Waals surface area (Å²) in [6.45, 7) is 15.4. The van der Waals surface area contributed by atoms with Crippen LogP contribution in [-0.2, 0) is 27.0 Å². The summed E-state index contributed by atoms with van der Waals surface area (Å²) < 4.78 is 19.6. The normalized spacial score (nSPS) is 14.5. The van der Waals surface area contributed by atoms with Crippen LogP contribution in [-0.4, -0.2) is 75.1 Å². The molecule has 364 valence electrons. The smallest absolute Gasteiger partial charge is 0.411 e. The van der Waals surface area contributed by atoms with Crippen LogP contribution in [0.1, 0.15) is 82.1 Å². The van der Waals surface area contributed by atoms with E-state index in [1.807, 2.05) is 103 Å². The number of aromatic nitrogens is 1. The summed E-state index contributed by atoms with van der Waals surface area (Å²) in [6, 6.07) is 45.8. The highest BCUT2D eigenvalue weighted by Gasteiger charge is 2.42. The lowest BCUT2D eigenvalue weighted by Gasteiger charge is -2.42. The molecule has 5 aromatic carbocycles. The maximum absolute atomic E-state index is 12.9. The van der Waals surface area contributed by atoms with Gasteiger partial charge in [0.05, 0.1) is 17.3 Å². The summed E-state index contributed by atoms with van der Waals surface area (Å²) in [5.74, 6) is 0.679. The zero-order valence-electron chi connectivity index (χ0n) is 41.1. The number of unbranched alkanes of at least 4 members (excludes halogenated alkanes) is 2. The Morgan fingerprint density at radius 3 is 2.13 bits per heavy atom. The van der Waals surface area contributed by atoms with Crippen LogP contribution < -0.4 is 26.2 Å². The Hall–Kier alpha value is -6.05. The third-order valence-electron chi connectivity index (χ3n) is 13.6. The lowest BCUT2D eigenvalue weighted by Crippen LogP contribution is -2.47. The van der Waals surface area contributed by atoms with Gasteiger partial charge in [-0.05, 0) is 97.2 Å². The van der Waals surface area contributed by atoms with E-state index in [4.69, 9.17) is 13.9 Å². The second-order valence-electron chi connectivity index (χ2n) is 19.7. The van der Waals surface area contributed by atoms with E-state index in [2.05, 4.69) is 90.0 Å². The number of amides is 2. The number of carbonyl (C=O) groups excluding carboxylic acids is 2. The first-order valence-electron chi connectivity index (χ1n) is 24.7. The molecule has 2 atom stereocenters. The van der Waals surface area contributed by atoms with E-state index in [0.29, 0.717) is 37.4 Å². The first-order valence-corrected chi connectivity index (χ1v) is 27.6. The van der Waals surface area contributed by atoms with Crippen molar-refractivity contribution in [2.24, 2.45) is 0 Å². The molecule has 6 aromatic rings. The summed E-state index contributed by atoms with van der Waals surface area (Å²) in [5.41, 5.74) is 6.44. The van der Waals surface area contributed by atoms with Gasteiger partial charge in [0.25, 0.3) is 0 Å². The molecule has 2 heterocycles. The van der Waals surface area contributed by atoms with Crippen LogP contribution in [0.4, 0.5) is 10.5 Å². The molecule has 11 nitrogen and oxygen atoms in total. The van der Waals surface area contributed by atoms with Gasteiger partial charge in [0.15, 0.2) is 8.32 Å². The second-order valence-corrected chi connectivity index (χ2v) is 24.5. The molecule has 0 bridgehead atoms.